The molecule has 0 aliphatic heterocycles. The fourth-order valence-electron chi connectivity index (χ4n) is 2.33. The van der Waals surface area contributed by atoms with E-state index >= 15 is 0 Å². The van der Waals surface area contributed by atoms with Crippen molar-refractivity contribution in [3.63, 3.8) is 0 Å². The lowest BCUT2D eigenvalue weighted by Gasteiger charge is -2.28. The third kappa shape index (κ3) is 7.53. The van der Waals surface area contributed by atoms with E-state index in [0.29, 0.717) is 22.7 Å². The van der Waals surface area contributed by atoms with Gasteiger partial charge in [-0.25, -0.2) is 0 Å². The van der Waals surface area contributed by atoms with E-state index < -0.39 is 15.9 Å². The van der Waals surface area contributed by atoms with Crippen molar-refractivity contribution in [3.8, 4) is 5.75 Å². The molecule has 0 fully saturated rings. The van der Waals surface area contributed by atoms with Crippen LogP contribution in [0.5, 0.6) is 5.75 Å². The topological polar surface area (TPSA) is 91.5 Å². The van der Waals surface area contributed by atoms with Gasteiger partial charge in [0.1, 0.15) is 11.9 Å². The normalized spacial score (nSPS) is 11.8. The molecule has 160 valence electrons. The monoisotopic (exact) mass is 488 g/mol. The number of thiocarbonyl (C=S) groups is 1. The molecule has 30 heavy (non-hydrogen) atoms. The highest BCUT2D eigenvalue weighted by atomic mass is 35.6. The number of ether oxygens (including phenoxy) is 1. The third-order valence-electron chi connectivity index (χ3n) is 3.67. The molecular weight excluding hydrogens is 471 g/mol. The summed E-state index contributed by atoms with van der Waals surface area (Å²) in [6, 6.07) is 13.3. The van der Waals surface area contributed by atoms with E-state index in [2.05, 4.69) is 21.3 Å². The predicted molar refractivity (Wildman–Crippen MR) is 125 cm³/mol. The number of amides is 2. The Hall–Kier alpha value is -2.26. The Morgan fingerprint density at radius 2 is 1.60 bits per heavy atom. The van der Waals surface area contributed by atoms with E-state index in [1.54, 1.807) is 48.5 Å². The minimum atomic E-state index is -1.90. The lowest BCUT2D eigenvalue weighted by atomic mass is 10.2. The SMILES string of the molecule is COc1ccc(C(=O)N[C@H](NC(=S)Nc2cccc(NC(C)=O)c2)C(Cl)(Cl)Cl)cc1. The van der Waals surface area contributed by atoms with Gasteiger partial charge in [-0.05, 0) is 54.7 Å². The summed E-state index contributed by atoms with van der Waals surface area (Å²) in [7, 11) is 1.53. The summed E-state index contributed by atoms with van der Waals surface area (Å²) in [4.78, 5) is 23.7. The van der Waals surface area contributed by atoms with Crippen LogP contribution in [0, 0.1) is 0 Å². The average Bonchev–Trinajstić information content (AvgIpc) is 2.66. The average molecular weight is 490 g/mol. The van der Waals surface area contributed by atoms with Crippen molar-refractivity contribution in [1.82, 2.24) is 10.6 Å². The maximum atomic E-state index is 12.5. The highest BCUT2D eigenvalue weighted by molar-refractivity contribution is 7.80. The molecule has 0 saturated heterocycles. The van der Waals surface area contributed by atoms with Crippen LogP contribution in [0.15, 0.2) is 48.5 Å². The van der Waals surface area contributed by atoms with Crippen molar-refractivity contribution in [1.29, 1.82) is 0 Å². The molecule has 4 N–H and O–H groups in total. The van der Waals surface area contributed by atoms with E-state index in [4.69, 9.17) is 51.8 Å². The van der Waals surface area contributed by atoms with Crippen LogP contribution in [0.25, 0.3) is 0 Å². The molecule has 2 aromatic rings. The second kappa shape index (κ2) is 10.7. The minimum absolute atomic E-state index is 0.0985. The molecule has 0 aliphatic carbocycles. The van der Waals surface area contributed by atoms with Crippen LogP contribution in [0.1, 0.15) is 17.3 Å². The van der Waals surface area contributed by atoms with Gasteiger partial charge < -0.3 is 26.0 Å². The van der Waals surface area contributed by atoms with Crippen LogP contribution in [-0.2, 0) is 4.79 Å². The molecule has 2 rings (SSSR count). The maximum Gasteiger partial charge on any atom is 0.252 e. The van der Waals surface area contributed by atoms with Gasteiger partial charge in [0.2, 0.25) is 9.70 Å². The van der Waals surface area contributed by atoms with Gasteiger partial charge >= 0.3 is 0 Å². The van der Waals surface area contributed by atoms with Crippen molar-refractivity contribution in [3.05, 3.63) is 54.1 Å². The van der Waals surface area contributed by atoms with Crippen molar-refractivity contribution in [2.75, 3.05) is 17.7 Å². The number of hydrogen-bond donors (Lipinski definition) is 4. The zero-order valence-corrected chi connectivity index (χ0v) is 19.0. The van der Waals surface area contributed by atoms with Crippen molar-refractivity contribution < 1.29 is 14.3 Å². The fraction of sp³-hybridized carbons (Fsp3) is 0.211. The Morgan fingerprint density at radius 1 is 1.00 bits per heavy atom. The standard InChI is InChI=1S/C19H19Cl3N4O3S/c1-11(27)23-13-4-3-5-14(10-13)24-18(30)26-17(19(20,21)22)25-16(28)12-6-8-15(29-2)9-7-12/h3-10,17H,1-2H3,(H,23,27)(H,25,28)(H2,24,26,30)/t17-/m1/s1. The summed E-state index contributed by atoms with van der Waals surface area (Å²) in [5.74, 6) is -0.0724. The number of nitrogens with one attached hydrogen (secondary N) is 4. The minimum Gasteiger partial charge on any atom is -0.497 e. The molecule has 11 heteroatoms. The summed E-state index contributed by atoms with van der Waals surface area (Å²) >= 11 is 23.3. The van der Waals surface area contributed by atoms with Gasteiger partial charge in [-0.2, -0.15) is 0 Å². The van der Waals surface area contributed by atoms with Gasteiger partial charge in [-0.3, -0.25) is 9.59 Å². The highest BCUT2D eigenvalue weighted by Gasteiger charge is 2.34. The predicted octanol–water partition coefficient (Wildman–Crippen LogP) is 4.07. The molecule has 0 heterocycles. The molecule has 0 spiro atoms. The summed E-state index contributed by atoms with van der Waals surface area (Å²) in [6.07, 6.45) is -1.13. The van der Waals surface area contributed by atoms with Crippen molar-refractivity contribution in [2.24, 2.45) is 0 Å². The maximum absolute atomic E-state index is 12.5. The van der Waals surface area contributed by atoms with Crippen LogP contribution < -0.4 is 26.0 Å². The lowest BCUT2D eigenvalue weighted by molar-refractivity contribution is -0.114. The molecule has 0 bridgehead atoms. The number of alkyl halides is 3. The number of rotatable bonds is 6. The lowest BCUT2D eigenvalue weighted by Crippen LogP contribution is -2.56. The summed E-state index contributed by atoms with van der Waals surface area (Å²) < 4.78 is 3.17. The van der Waals surface area contributed by atoms with Crippen LogP contribution >= 0.6 is 47.0 Å². The van der Waals surface area contributed by atoms with Gasteiger partial charge in [-0.1, -0.05) is 40.9 Å². The van der Waals surface area contributed by atoms with Gasteiger partial charge in [-0.15, -0.1) is 0 Å². The van der Waals surface area contributed by atoms with Crippen molar-refractivity contribution >= 4 is 75.3 Å². The van der Waals surface area contributed by atoms with Gasteiger partial charge in [0.05, 0.1) is 7.11 Å². The third-order valence-corrected chi connectivity index (χ3v) is 4.55. The van der Waals surface area contributed by atoms with E-state index in [-0.39, 0.29) is 11.0 Å². The molecule has 0 saturated carbocycles. The molecule has 0 radical (unpaired) electrons. The summed E-state index contributed by atoms with van der Waals surface area (Å²) in [5, 5.41) is 11.0. The van der Waals surface area contributed by atoms with Crippen LogP contribution in [0.3, 0.4) is 0 Å². The first-order valence-electron chi connectivity index (χ1n) is 8.55. The number of anilines is 2. The van der Waals surface area contributed by atoms with Gasteiger partial charge in [0.25, 0.3) is 5.91 Å². The first kappa shape index (κ1) is 24.0. The number of carbonyl (C=O) groups excluding carboxylic acids is 2. The smallest absolute Gasteiger partial charge is 0.252 e. The Morgan fingerprint density at radius 3 is 2.13 bits per heavy atom. The number of carbonyl (C=O) groups is 2. The van der Waals surface area contributed by atoms with Crippen LogP contribution in [0.2, 0.25) is 0 Å². The fourth-order valence-corrected chi connectivity index (χ4v) is 2.90. The van der Waals surface area contributed by atoms with Gasteiger partial charge in [0.15, 0.2) is 5.11 Å². The molecule has 7 nitrogen and oxygen atoms in total. The quantitative estimate of drug-likeness (QED) is 0.278. The first-order chi connectivity index (χ1) is 14.1. The van der Waals surface area contributed by atoms with Crippen LogP contribution in [0.4, 0.5) is 11.4 Å². The Labute approximate surface area is 194 Å². The number of methoxy groups -OCH3 is 1. The molecule has 2 aromatic carbocycles. The Bertz CT molecular complexity index is 920. The van der Waals surface area contributed by atoms with Gasteiger partial charge in [0, 0.05) is 23.9 Å². The molecular formula is C19H19Cl3N4O3S. The Kier molecular flexibility index (Phi) is 8.54. The van der Waals surface area contributed by atoms with E-state index in [0.717, 1.165) is 0 Å². The number of halogens is 3. The molecule has 0 aromatic heterocycles. The first-order valence-corrected chi connectivity index (χ1v) is 10.1. The summed E-state index contributed by atoms with van der Waals surface area (Å²) in [6.45, 7) is 1.41. The Balaban J connectivity index is 2.06. The van der Waals surface area contributed by atoms with Crippen molar-refractivity contribution in [2.45, 2.75) is 16.9 Å². The second-order valence-electron chi connectivity index (χ2n) is 6.04. The highest BCUT2D eigenvalue weighted by Crippen LogP contribution is 2.29. The summed E-state index contributed by atoms with van der Waals surface area (Å²) in [5.41, 5.74) is 1.52. The molecule has 0 aliphatic rings. The van der Waals surface area contributed by atoms with E-state index in [9.17, 15) is 9.59 Å². The number of benzene rings is 2. The molecule has 0 unspecified atom stereocenters. The zero-order chi connectivity index (χ0) is 22.3. The van der Waals surface area contributed by atoms with E-state index in [1.165, 1.54) is 14.0 Å². The van der Waals surface area contributed by atoms with E-state index in [1.807, 2.05) is 0 Å². The number of hydrogen-bond acceptors (Lipinski definition) is 4. The van der Waals surface area contributed by atoms with Crippen LogP contribution in [-0.4, -0.2) is 34.0 Å². The molecule has 2 amide bonds. The second-order valence-corrected chi connectivity index (χ2v) is 8.81. The molecule has 1 atom stereocenters. The zero-order valence-electron chi connectivity index (χ0n) is 16.0. The largest absolute Gasteiger partial charge is 0.497 e.